The van der Waals surface area contributed by atoms with Crippen LogP contribution in [0.2, 0.25) is 0 Å². The maximum atomic E-state index is 11.3. The van der Waals surface area contributed by atoms with E-state index in [1.165, 1.54) is 45.0 Å². The van der Waals surface area contributed by atoms with E-state index in [2.05, 4.69) is 27.4 Å². The van der Waals surface area contributed by atoms with Gasteiger partial charge in [0.1, 0.15) is 9.84 Å². The summed E-state index contributed by atoms with van der Waals surface area (Å²) in [6, 6.07) is 0.814. The number of piperidine rings is 1. The molecular weight excluding hydrogens is 336 g/mol. The van der Waals surface area contributed by atoms with E-state index in [4.69, 9.17) is 0 Å². The van der Waals surface area contributed by atoms with Gasteiger partial charge >= 0.3 is 0 Å². The van der Waals surface area contributed by atoms with Crippen LogP contribution in [0.25, 0.3) is 0 Å². The van der Waals surface area contributed by atoms with E-state index in [9.17, 15) is 8.42 Å². The van der Waals surface area contributed by atoms with Gasteiger partial charge in [0.2, 0.25) is 0 Å². The number of likely N-dealkylation sites (tertiary alicyclic amines) is 1. The zero-order valence-electron chi connectivity index (χ0n) is 16.6. The maximum absolute atomic E-state index is 11.3. The highest BCUT2D eigenvalue weighted by atomic mass is 32.2. The minimum Gasteiger partial charge on any atom is -0.357 e. The highest BCUT2D eigenvalue weighted by Crippen LogP contribution is 2.16. The second-order valence-corrected chi connectivity index (χ2v) is 9.57. The lowest BCUT2D eigenvalue weighted by molar-refractivity contribution is 0.158. The monoisotopic (exact) mass is 374 g/mol. The molecule has 1 saturated heterocycles. The summed E-state index contributed by atoms with van der Waals surface area (Å²) >= 11 is 0. The molecule has 2 atom stereocenters. The van der Waals surface area contributed by atoms with Gasteiger partial charge in [-0.3, -0.25) is 4.99 Å². The first-order valence-electron chi connectivity index (χ1n) is 9.78. The fourth-order valence-electron chi connectivity index (χ4n) is 3.12. The Morgan fingerprint density at radius 2 is 2.08 bits per heavy atom. The zero-order chi connectivity index (χ0) is 18.7. The molecule has 2 unspecified atom stereocenters. The van der Waals surface area contributed by atoms with Crippen molar-refractivity contribution < 1.29 is 8.42 Å². The molecule has 1 aliphatic heterocycles. The van der Waals surface area contributed by atoms with E-state index in [1.54, 1.807) is 0 Å². The molecule has 0 aromatic heterocycles. The van der Waals surface area contributed by atoms with E-state index < -0.39 is 9.84 Å². The molecule has 6 nitrogen and oxygen atoms in total. The molecule has 25 heavy (non-hydrogen) atoms. The van der Waals surface area contributed by atoms with E-state index >= 15 is 0 Å². The summed E-state index contributed by atoms with van der Waals surface area (Å²) in [5.74, 6) is 0.990. The van der Waals surface area contributed by atoms with Crippen molar-refractivity contribution in [3.8, 4) is 0 Å². The highest BCUT2D eigenvalue weighted by molar-refractivity contribution is 7.90. The summed E-state index contributed by atoms with van der Waals surface area (Å²) in [4.78, 5) is 7.23. The van der Waals surface area contributed by atoms with Gasteiger partial charge in [0.25, 0.3) is 0 Å². The van der Waals surface area contributed by atoms with Crippen molar-refractivity contribution in [2.45, 2.75) is 71.4 Å². The van der Waals surface area contributed by atoms with E-state index in [1.807, 2.05) is 13.8 Å². The predicted octanol–water partition coefficient (Wildman–Crippen LogP) is 2.02. The van der Waals surface area contributed by atoms with Crippen LogP contribution in [0.1, 0.15) is 59.3 Å². The largest absolute Gasteiger partial charge is 0.357 e. The van der Waals surface area contributed by atoms with Gasteiger partial charge in [-0.25, -0.2) is 8.42 Å². The summed E-state index contributed by atoms with van der Waals surface area (Å²) in [7, 11) is -2.91. The average Bonchev–Trinajstić information content (AvgIpc) is 2.54. The third-order valence-electron chi connectivity index (χ3n) is 4.71. The summed E-state index contributed by atoms with van der Waals surface area (Å²) in [5.41, 5.74) is 0. The molecular formula is C18H38N4O2S. The molecule has 148 valence electrons. The number of hydrogen-bond acceptors (Lipinski definition) is 4. The van der Waals surface area contributed by atoms with Gasteiger partial charge < -0.3 is 15.5 Å². The number of hydrogen-bond donors (Lipinski definition) is 2. The number of nitrogens with one attached hydrogen (secondary N) is 2. The lowest BCUT2D eigenvalue weighted by Gasteiger charge is -2.33. The average molecular weight is 375 g/mol. The van der Waals surface area contributed by atoms with Crippen LogP contribution in [0, 0.1) is 0 Å². The molecule has 7 heteroatoms. The second-order valence-electron chi connectivity index (χ2n) is 7.31. The highest BCUT2D eigenvalue weighted by Gasteiger charge is 2.17. The van der Waals surface area contributed by atoms with Crippen molar-refractivity contribution in [3.05, 3.63) is 0 Å². The van der Waals surface area contributed by atoms with Crippen LogP contribution in [0.15, 0.2) is 4.99 Å². The first-order valence-corrected chi connectivity index (χ1v) is 11.8. The number of rotatable bonds is 10. The van der Waals surface area contributed by atoms with Crippen molar-refractivity contribution in [2.75, 3.05) is 38.2 Å². The minimum absolute atomic E-state index is 0.0849. The Bertz CT molecular complexity index is 493. The van der Waals surface area contributed by atoms with Crippen molar-refractivity contribution in [1.82, 2.24) is 15.5 Å². The van der Waals surface area contributed by atoms with Crippen LogP contribution >= 0.6 is 0 Å². The van der Waals surface area contributed by atoms with Crippen LogP contribution in [-0.4, -0.2) is 69.5 Å². The van der Waals surface area contributed by atoms with E-state index in [0.29, 0.717) is 6.42 Å². The zero-order valence-corrected chi connectivity index (χ0v) is 17.4. The Morgan fingerprint density at radius 3 is 2.72 bits per heavy atom. The first-order chi connectivity index (χ1) is 11.8. The molecule has 0 spiro atoms. The fraction of sp³-hybridized carbons (Fsp3) is 0.944. The number of guanidine groups is 1. The van der Waals surface area contributed by atoms with Crippen LogP contribution in [-0.2, 0) is 9.84 Å². The molecule has 0 aromatic rings. The van der Waals surface area contributed by atoms with Crippen LogP contribution in [0.3, 0.4) is 0 Å². The quantitative estimate of drug-likeness (QED) is 0.348. The number of sulfone groups is 1. The lowest BCUT2D eigenvalue weighted by Crippen LogP contribution is -2.43. The van der Waals surface area contributed by atoms with Crippen LogP contribution in [0.4, 0.5) is 0 Å². The van der Waals surface area contributed by atoms with Crippen molar-refractivity contribution in [1.29, 1.82) is 0 Å². The number of unbranched alkanes of at least 4 members (excludes halogenated alkanes) is 1. The third-order valence-corrected chi connectivity index (χ3v) is 5.69. The summed E-state index contributed by atoms with van der Waals surface area (Å²) in [5, 5.41) is 6.54. The molecule has 1 heterocycles. The Balaban J connectivity index is 2.29. The van der Waals surface area contributed by atoms with Crippen molar-refractivity contribution in [3.63, 3.8) is 0 Å². The van der Waals surface area contributed by atoms with Crippen molar-refractivity contribution in [2.24, 2.45) is 4.99 Å². The Morgan fingerprint density at radius 1 is 1.32 bits per heavy atom. The third kappa shape index (κ3) is 10.7. The van der Waals surface area contributed by atoms with Gasteiger partial charge in [-0.05, 0) is 66.0 Å². The lowest BCUT2D eigenvalue weighted by atomic mass is 10.0. The molecule has 0 radical (unpaired) electrons. The van der Waals surface area contributed by atoms with Gasteiger partial charge in [-0.1, -0.05) is 6.42 Å². The van der Waals surface area contributed by atoms with Gasteiger partial charge in [0.05, 0.1) is 5.75 Å². The predicted molar refractivity (Wildman–Crippen MR) is 107 cm³/mol. The smallest absolute Gasteiger partial charge is 0.191 e. The van der Waals surface area contributed by atoms with Gasteiger partial charge in [0.15, 0.2) is 5.96 Å². The molecule has 1 aliphatic rings. The maximum Gasteiger partial charge on any atom is 0.191 e. The van der Waals surface area contributed by atoms with Gasteiger partial charge in [-0.2, -0.15) is 0 Å². The fourth-order valence-corrected chi connectivity index (χ4v) is 3.91. The summed E-state index contributed by atoms with van der Waals surface area (Å²) < 4.78 is 22.5. The standard InChI is InChI=1S/C18H38N4O2S/c1-5-19-18(21-16(2)11-15-25(4,23)24)20-12-7-9-14-22-13-8-6-10-17(22)3/h16-17H,5-15H2,1-4H3,(H2,19,20,21). The normalized spacial score (nSPS) is 21.1. The Labute approximate surface area is 154 Å². The summed E-state index contributed by atoms with van der Waals surface area (Å²) in [6.45, 7) is 10.4. The molecule has 0 amide bonds. The summed E-state index contributed by atoms with van der Waals surface area (Å²) in [6.07, 6.45) is 8.17. The Kier molecular flexibility index (Phi) is 10.4. The molecule has 0 aliphatic carbocycles. The molecule has 1 rings (SSSR count). The first kappa shape index (κ1) is 22.2. The van der Waals surface area contributed by atoms with Gasteiger partial charge in [-0.15, -0.1) is 0 Å². The molecule has 2 N–H and O–H groups in total. The SMILES string of the molecule is CCNC(=NCCCCN1CCCCC1C)NC(C)CCS(C)(=O)=O. The van der Waals surface area contributed by atoms with Gasteiger partial charge in [0, 0.05) is 31.4 Å². The second kappa shape index (κ2) is 11.7. The van der Waals surface area contributed by atoms with Crippen molar-refractivity contribution >= 4 is 15.8 Å². The topological polar surface area (TPSA) is 73.8 Å². The van der Waals surface area contributed by atoms with Crippen LogP contribution < -0.4 is 10.6 Å². The number of aliphatic imine (C=N–C) groups is 1. The molecule has 0 bridgehead atoms. The van der Waals surface area contributed by atoms with E-state index in [0.717, 1.165) is 31.5 Å². The molecule has 1 fully saturated rings. The molecule has 0 aromatic carbocycles. The number of nitrogens with zero attached hydrogens (tertiary/aromatic N) is 2. The molecule has 0 saturated carbocycles. The van der Waals surface area contributed by atoms with E-state index in [-0.39, 0.29) is 11.8 Å². The van der Waals surface area contributed by atoms with Crippen LogP contribution in [0.5, 0.6) is 0 Å². The Hall–Kier alpha value is -0.820. The minimum atomic E-state index is -2.91.